The first-order valence-corrected chi connectivity index (χ1v) is 8.36. The first-order chi connectivity index (χ1) is 12.8. The van der Waals surface area contributed by atoms with E-state index in [-0.39, 0.29) is 5.92 Å². The molecule has 0 radical (unpaired) electrons. The Labute approximate surface area is 155 Å². The molecule has 0 aliphatic carbocycles. The molecule has 7 heteroatoms. The van der Waals surface area contributed by atoms with Gasteiger partial charge in [-0.2, -0.15) is 13.2 Å². The van der Waals surface area contributed by atoms with Crippen LogP contribution in [0.2, 0.25) is 0 Å². The summed E-state index contributed by atoms with van der Waals surface area (Å²) in [6.45, 7) is 0. The molecule has 2 aromatic carbocycles. The van der Waals surface area contributed by atoms with Gasteiger partial charge in [-0.25, -0.2) is 4.98 Å². The molecule has 27 heavy (non-hydrogen) atoms. The Bertz CT molecular complexity index is 880. The summed E-state index contributed by atoms with van der Waals surface area (Å²) in [5.74, 6) is 0.972. The van der Waals surface area contributed by atoms with Gasteiger partial charge in [0.1, 0.15) is 5.75 Å². The standard InChI is InChI=1S/C20H20F3N3O/c1-26-12-18(25-19(26)24)17(14-5-9-16(27-2)10-6-14)11-13-3-7-15(8-4-13)20(21,22)23/h3-10,12,17H,11H2,1-2H3,(H2,24,25). The summed E-state index contributed by atoms with van der Waals surface area (Å²) in [7, 11) is 3.39. The number of nitrogen functional groups attached to an aromatic ring is 1. The topological polar surface area (TPSA) is 53.1 Å². The van der Waals surface area contributed by atoms with E-state index in [2.05, 4.69) is 4.98 Å². The second kappa shape index (κ2) is 7.34. The number of imidazole rings is 1. The van der Waals surface area contributed by atoms with Gasteiger partial charge in [0.25, 0.3) is 0 Å². The van der Waals surface area contributed by atoms with Crippen LogP contribution >= 0.6 is 0 Å². The Morgan fingerprint density at radius 3 is 2.19 bits per heavy atom. The van der Waals surface area contributed by atoms with Gasteiger partial charge in [-0.1, -0.05) is 24.3 Å². The molecular formula is C20H20F3N3O. The second-order valence-electron chi connectivity index (χ2n) is 6.36. The van der Waals surface area contributed by atoms with Gasteiger partial charge in [0, 0.05) is 19.2 Å². The third-order valence-electron chi connectivity index (χ3n) is 4.53. The minimum absolute atomic E-state index is 0.142. The fraction of sp³-hybridized carbons (Fsp3) is 0.250. The van der Waals surface area contributed by atoms with E-state index in [1.54, 1.807) is 18.7 Å². The van der Waals surface area contributed by atoms with E-state index < -0.39 is 11.7 Å². The third kappa shape index (κ3) is 4.24. The van der Waals surface area contributed by atoms with Gasteiger partial charge in [-0.05, 0) is 41.8 Å². The van der Waals surface area contributed by atoms with Crippen LogP contribution in [0, 0.1) is 0 Å². The molecule has 1 aromatic heterocycles. The molecule has 142 valence electrons. The zero-order chi connectivity index (χ0) is 19.6. The van der Waals surface area contributed by atoms with Crippen molar-refractivity contribution in [2.24, 2.45) is 7.05 Å². The van der Waals surface area contributed by atoms with Gasteiger partial charge in [-0.15, -0.1) is 0 Å². The lowest BCUT2D eigenvalue weighted by molar-refractivity contribution is -0.137. The van der Waals surface area contributed by atoms with Gasteiger partial charge >= 0.3 is 6.18 Å². The lowest BCUT2D eigenvalue weighted by Gasteiger charge is -2.17. The van der Waals surface area contributed by atoms with E-state index in [9.17, 15) is 13.2 Å². The molecule has 0 spiro atoms. The molecule has 1 heterocycles. The summed E-state index contributed by atoms with van der Waals surface area (Å²) in [4.78, 5) is 4.41. The van der Waals surface area contributed by atoms with Gasteiger partial charge in [-0.3, -0.25) is 0 Å². The number of halogens is 3. The van der Waals surface area contributed by atoms with Crippen LogP contribution in [0.25, 0.3) is 0 Å². The van der Waals surface area contributed by atoms with Crippen LogP contribution in [-0.2, 0) is 19.6 Å². The lowest BCUT2D eigenvalue weighted by atomic mass is 9.89. The number of ether oxygens (including phenoxy) is 1. The number of benzene rings is 2. The third-order valence-corrected chi connectivity index (χ3v) is 4.53. The van der Waals surface area contributed by atoms with E-state index in [0.717, 1.165) is 34.7 Å². The maximum atomic E-state index is 12.8. The number of anilines is 1. The summed E-state index contributed by atoms with van der Waals surface area (Å²) < 4.78 is 45.3. The molecule has 0 bridgehead atoms. The number of rotatable bonds is 5. The van der Waals surface area contributed by atoms with Gasteiger partial charge < -0.3 is 15.0 Å². The van der Waals surface area contributed by atoms with Crippen molar-refractivity contribution in [1.82, 2.24) is 9.55 Å². The molecule has 1 unspecified atom stereocenters. The highest BCUT2D eigenvalue weighted by atomic mass is 19.4. The quantitative estimate of drug-likeness (QED) is 0.719. The highest BCUT2D eigenvalue weighted by Crippen LogP contribution is 2.32. The van der Waals surface area contributed by atoms with Crippen LogP contribution in [0.15, 0.2) is 54.7 Å². The summed E-state index contributed by atoms with van der Waals surface area (Å²) in [5, 5.41) is 0. The van der Waals surface area contributed by atoms with E-state index in [4.69, 9.17) is 10.5 Å². The number of aromatic nitrogens is 2. The average Bonchev–Trinajstić information content (AvgIpc) is 2.98. The molecule has 3 aromatic rings. The fourth-order valence-corrected chi connectivity index (χ4v) is 2.97. The molecule has 0 fully saturated rings. The Hall–Kier alpha value is -2.96. The van der Waals surface area contributed by atoms with E-state index in [0.29, 0.717) is 12.4 Å². The smallest absolute Gasteiger partial charge is 0.416 e. The van der Waals surface area contributed by atoms with Crippen molar-refractivity contribution in [1.29, 1.82) is 0 Å². The lowest BCUT2D eigenvalue weighted by Crippen LogP contribution is -2.08. The number of hydrogen-bond acceptors (Lipinski definition) is 3. The van der Waals surface area contributed by atoms with Crippen LogP contribution in [0.5, 0.6) is 5.75 Å². The van der Waals surface area contributed by atoms with Crippen molar-refractivity contribution in [2.75, 3.05) is 12.8 Å². The van der Waals surface area contributed by atoms with Gasteiger partial charge in [0.2, 0.25) is 0 Å². The molecule has 0 aliphatic rings. The summed E-state index contributed by atoms with van der Waals surface area (Å²) in [5.41, 5.74) is 7.74. The minimum Gasteiger partial charge on any atom is -0.497 e. The Kier molecular flexibility index (Phi) is 5.12. The maximum absolute atomic E-state index is 12.8. The van der Waals surface area contributed by atoms with Crippen LogP contribution in [0.1, 0.15) is 28.3 Å². The predicted octanol–water partition coefficient (Wildman–Crippen LogP) is 4.40. The van der Waals surface area contributed by atoms with Gasteiger partial charge in [0.15, 0.2) is 5.95 Å². The van der Waals surface area contributed by atoms with Crippen LogP contribution in [0.4, 0.5) is 19.1 Å². The number of methoxy groups -OCH3 is 1. The Morgan fingerprint density at radius 1 is 1.07 bits per heavy atom. The normalized spacial score (nSPS) is 12.8. The second-order valence-corrected chi connectivity index (χ2v) is 6.36. The molecule has 0 aliphatic heterocycles. The van der Waals surface area contributed by atoms with E-state index in [1.165, 1.54) is 12.1 Å². The molecule has 1 atom stereocenters. The Morgan fingerprint density at radius 2 is 1.70 bits per heavy atom. The molecule has 3 rings (SSSR count). The summed E-state index contributed by atoms with van der Waals surface area (Å²) >= 11 is 0. The van der Waals surface area contributed by atoms with Crippen molar-refractivity contribution in [3.8, 4) is 5.75 Å². The summed E-state index contributed by atoms with van der Waals surface area (Å²) in [6.07, 6.45) is -2.00. The van der Waals surface area contributed by atoms with Crippen molar-refractivity contribution in [3.63, 3.8) is 0 Å². The molecule has 0 saturated heterocycles. The number of nitrogens with zero attached hydrogens (tertiary/aromatic N) is 2. The van der Waals surface area contributed by atoms with Crippen molar-refractivity contribution < 1.29 is 17.9 Å². The minimum atomic E-state index is -4.34. The van der Waals surface area contributed by atoms with Crippen molar-refractivity contribution >= 4 is 5.95 Å². The predicted molar refractivity (Wildman–Crippen MR) is 97.6 cm³/mol. The zero-order valence-corrected chi connectivity index (χ0v) is 15.0. The average molecular weight is 375 g/mol. The zero-order valence-electron chi connectivity index (χ0n) is 15.0. The molecule has 2 N–H and O–H groups in total. The fourth-order valence-electron chi connectivity index (χ4n) is 2.97. The molecular weight excluding hydrogens is 355 g/mol. The van der Waals surface area contributed by atoms with Crippen LogP contribution < -0.4 is 10.5 Å². The maximum Gasteiger partial charge on any atom is 0.416 e. The van der Waals surface area contributed by atoms with Crippen LogP contribution in [-0.4, -0.2) is 16.7 Å². The number of nitrogens with two attached hydrogens (primary N) is 1. The first kappa shape index (κ1) is 18.8. The SMILES string of the molecule is COc1ccc(C(Cc2ccc(C(F)(F)F)cc2)c2cn(C)c(N)n2)cc1. The highest BCUT2D eigenvalue weighted by Gasteiger charge is 2.30. The number of hydrogen-bond donors (Lipinski definition) is 1. The van der Waals surface area contributed by atoms with Crippen molar-refractivity contribution in [2.45, 2.75) is 18.5 Å². The Balaban J connectivity index is 1.94. The number of alkyl halides is 3. The van der Waals surface area contributed by atoms with E-state index >= 15 is 0 Å². The largest absolute Gasteiger partial charge is 0.497 e. The summed E-state index contributed by atoms with van der Waals surface area (Å²) in [6, 6.07) is 12.8. The van der Waals surface area contributed by atoms with Gasteiger partial charge in [0.05, 0.1) is 18.4 Å². The monoisotopic (exact) mass is 375 g/mol. The molecule has 0 saturated carbocycles. The molecule has 0 amide bonds. The van der Waals surface area contributed by atoms with E-state index in [1.807, 2.05) is 30.5 Å². The first-order valence-electron chi connectivity index (χ1n) is 8.36. The highest BCUT2D eigenvalue weighted by molar-refractivity contribution is 5.38. The number of aryl methyl sites for hydroxylation is 1. The molecule has 4 nitrogen and oxygen atoms in total. The van der Waals surface area contributed by atoms with Crippen LogP contribution in [0.3, 0.4) is 0 Å². The van der Waals surface area contributed by atoms with Crippen molar-refractivity contribution in [3.05, 3.63) is 77.1 Å².